The third-order valence-corrected chi connectivity index (χ3v) is 12.1. The molecule has 0 aliphatic carbocycles. The van der Waals surface area contributed by atoms with Crippen LogP contribution in [0.3, 0.4) is 0 Å². The largest absolute Gasteiger partial charge is 0.341 e. The zero-order valence-electron chi connectivity index (χ0n) is 17.3. The topological polar surface area (TPSA) is 40.5 Å². The van der Waals surface area contributed by atoms with Gasteiger partial charge in [-0.3, -0.25) is 0 Å². The molecule has 0 heterocycles. The van der Waals surface area contributed by atoms with Crippen LogP contribution in [0.2, 0.25) is 0 Å². The summed E-state index contributed by atoms with van der Waals surface area (Å²) in [5.74, 6) is 3.55. The number of thiol groups is 1. The third-order valence-electron chi connectivity index (χ3n) is 4.67. The van der Waals surface area contributed by atoms with E-state index in [2.05, 4.69) is 39.9 Å². The van der Waals surface area contributed by atoms with Crippen molar-refractivity contribution in [2.75, 3.05) is 11.5 Å². The van der Waals surface area contributed by atoms with Crippen molar-refractivity contribution in [1.82, 2.24) is 0 Å². The van der Waals surface area contributed by atoms with Crippen molar-refractivity contribution in [3.63, 3.8) is 0 Å². The van der Waals surface area contributed by atoms with Gasteiger partial charge in [0, 0.05) is 0 Å². The molecule has 0 saturated heterocycles. The minimum absolute atomic E-state index is 0.284. The Hall–Kier alpha value is 1.05. The van der Waals surface area contributed by atoms with Gasteiger partial charge in [-0.25, -0.2) is 0 Å². The van der Waals surface area contributed by atoms with Crippen molar-refractivity contribution in [3.8, 4) is 0 Å². The van der Waals surface area contributed by atoms with Crippen LogP contribution in [-0.2, 0) is 10.1 Å². The summed E-state index contributed by atoms with van der Waals surface area (Å²) in [6.07, 6.45) is 15.3. The van der Waals surface area contributed by atoms with Gasteiger partial charge in [-0.05, 0) is 36.2 Å². The van der Waals surface area contributed by atoms with E-state index in [1.807, 2.05) is 0 Å². The lowest BCUT2D eigenvalue weighted by molar-refractivity contribution is 0.501. The molecular weight excluding hydrogens is 367 g/mol. The Morgan fingerprint density at radius 2 is 0.960 bits per heavy atom. The highest BCUT2D eigenvalue weighted by atomic mass is 32.9. The summed E-state index contributed by atoms with van der Waals surface area (Å²) in [6, 6.07) is 0. The molecule has 0 bridgehead atoms. The molecule has 0 saturated carbocycles. The minimum Gasteiger partial charge on any atom is -0.341 e. The quantitative estimate of drug-likeness (QED) is 0.143. The van der Waals surface area contributed by atoms with Crippen LogP contribution in [0, 0.1) is 11.8 Å². The van der Waals surface area contributed by atoms with Crippen molar-refractivity contribution in [2.45, 2.75) is 105 Å². The predicted molar refractivity (Wildman–Crippen MR) is 123 cm³/mol. The Morgan fingerprint density at radius 1 is 0.640 bits per heavy atom. The van der Waals surface area contributed by atoms with Gasteiger partial charge in [-0.15, -0.1) is 10.1 Å². The normalized spacial score (nSPS) is 12.7. The Balaban J connectivity index is 3.82. The second-order valence-electron chi connectivity index (χ2n) is 8.28. The zero-order valence-corrected chi connectivity index (χ0v) is 19.9. The van der Waals surface area contributed by atoms with Crippen molar-refractivity contribution in [1.29, 1.82) is 0 Å². The van der Waals surface area contributed by atoms with Crippen LogP contribution >= 0.6 is 17.9 Å². The van der Waals surface area contributed by atoms with Gasteiger partial charge >= 0.3 is 0 Å². The van der Waals surface area contributed by atoms with Crippen molar-refractivity contribution < 1.29 is 9.79 Å². The summed E-state index contributed by atoms with van der Waals surface area (Å²) in [4.78, 5) is 20.0. The molecular formula is C20H45O2PS2. The molecule has 0 radical (unpaired) electrons. The number of unbranched alkanes of at least 4 members (excludes halogenated alkanes) is 8. The molecule has 2 nitrogen and oxygen atoms in total. The maximum atomic E-state index is 10.0. The van der Waals surface area contributed by atoms with Crippen LogP contribution in [0.4, 0.5) is 0 Å². The molecule has 0 aliphatic rings. The van der Waals surface area contributed by atoms with Gasteiger partial charge in [-0.1, -0.05) is 104 Å². The van der Waals surface area contributed by atoms with E-state index in [1.54, 1.807) is 0 Å². The second kappa shape index (κ2) is 16.0. The van der Waals surface area contributed by atoms with Crippen LogP contribution in [0.25, 0.3) is 0 Å². The molecule has 0 unspecified atom stereocenters. The number of rotatable bonds is 16. The summed E-state index contributed by atoms with van der Waals surface area (Å²) >= 11 is 4.15. The Labute approximate surface area is 165 Å². The average molecular weight is 413 g/mol. The van der Waals surface area contributed by atoms with E-state index in [0.29, 0.717) is 0 Å². The highest BCUT2D eigenvalue weighted by molar-refractivity contribution is 8.65. The first-order chi connectivity index (χ1) is 11.7. The summed E-state index contributed by atoms with van der Waals surface area (Å²) in [5, 5.41) is 0. The maximum Gasteiger partial charge on any atom is 0.198 e. The maximum absolute atomic E-state index is 10.0. The Bertz CT molecular complexity index is 332. The predicted octanol–water partition coefficient (Wildman–Crippen LogP) is 7.19. The lowest BCUT2D eigenvalue weighted by Crippen LogP contribution is -2.04. The molecule has 25 heavy (non-hydrogen) atoms. The molecule has 0 spiro atoms. The molecule has 154 valence electrons. The summed E-state index contributed by atoms with van der Waals surface area (Å²) in [5.41, 5.74) is -2.95. The van der Waals surface area contributed by atoms with Crippen molar-refractivity contribution in [2.24, 2.45) is 11.8 Å². The fraction of sp³-hybridized carbons (Fsp3) is 1.00. The monoisotopic (exact) mass is 412 g/mol. The molecule has 0 atom stereocenters. The van der Waals surface area contributed by atoms with Gasteiger partial charge in [0.15, 0.2) is 5.69 Å². The molecule has 0 aromatic rings. The van der Waals surface area contributed by atoms with E-state index < -0.39 is 5.69 Å². The SMILES string of the molecule is CC(C)CCCCCCCS(CCCCCCCC(C)C)=P(O)(O)S. The molecule has 0 aliphatic heterocycles. The first-order valence-electron chi connectivity index (χ1n) is 10.5. The van der Waals surface area contributed by atoms with E-state index in [4.69, 9.17) is 0 Å². The summed E-state index contributed by atoms with van der Waals surface area (Å²) < 4.78 is 0. The smallest absolute Gasteiger partial charge is 0.198 e. The van der Waals surface area contributed by atoms with Gasteiger partial charge in [0.05, 0.1) is 0 Å². The fourth-order valence-electron chi connectivity index (χ4n) is 3.05. The highest BCUT2D eigenvalue weighted by Crippen LogP contribution is 2.47. The highest BCUT2D eigenvalue weighted by Gasteiger charge is 2.10. The average Bonchev–Trinajstić information content (AvgIpc) is 2.49. The lowest BCUT2D eigenvalue weighted by Gasteiger charge is -2.16. The van der Waals surface area contributed by atoms with Crippen LogP contribution in [0.5, 0.6) is 0 Å². The van der Waals surface area contributed by atoms with Crippen LogP contribution < -0.4 is 0 Å². The standard InChI is InChI=1S/C20H45O2PS2/c1-19(2)15-11-7-5-9-13-17-25(23(21,22)24)18-14-10-6-8-12-16-20(3)4/h19-22,24H,5-18H2,1-4H3. The second-order valence-corrected chi connectivity index (χ2v) is 16.6. The van der Waals surface area contributed by atoms with Gasteiger partial charge in [0.1, 0.15) is 0 Å². The van der Waals surface area contributed by atoms with E-state index in [1.165, 1.54) is 64.2 Å². The first kappa shape index (κ1) is 26.1. The molecule has 5 heteroatoms. The van der Waals surface area contributed by atoms with Gasteiger partial charge in [0.2, 0.25) is 0 Å². The van der Waals surface area contributed by atoms with Gasteiger partial charge in [-0.2, -0.15) is 0 Å². The van der Waals surface area contributed by atoms with Crippen LogP contribution in [0.1, 0.15) is 105 Å². The molecule has 2 N–H and O–H groups in total. The van der Waals surface area contributed by atoms with Crippen molar-refractivity contribution in [3.05, 3.63) is 0 Å². The third kappa shape index (κ3) is 18.2. The Kier molecular flexibility index (Phi) is 16.7. The molecule has 0 aromatic carbocycles. The molecule has 0 rings (SSSR count). The van der Waals surface area contributed by atoms with Crippen molar-refractivity contribution >= 4 is 28.0 Å². The van der Waals surface area contributed by atoms with E-state index in [-0.39, 0.29) is 10.1 Å². The lowest BCUT2D eigenvalue weighted by atomic mass is 10.0. The number of hydrogen-bond donors (Lipinski definition) is 3. The minimum atomic E-state index is -2.95. The first-order valence-corrected chi connectivity index (χ1v) is 15.5. The van der Waals surface area contributed by atoms with E-state index >= 15 is 0 Å². The van der Waals surface area contributed by atoms with Crippen LogP contribution in [-0.4, -0.2) is 21.3 Å². The van der Waals surface area contributed by atoms with E-state index in [0.717, 1.165) is 36.2 Å². The van der Waals surface area contributed by atoms with Gasteiger partial charge in [0.25, 0.3) is 0 Å². The zero-order chi connectivity index (χ0) is 19.1. The molecule has 0 amide bonds. The summed E-state index contributed by atoms with van der Waals surface area (Å²) in [6.45, 7) is 9.14. The van der Waals surface area contributed by atoms with Gasteiger partial charge < -0.3 is 9.79 Å². The molecule has 0 aromatic heterocycles. The summed E-state index contributed by atoms with van der Waals surface area (Å²) in [7, 11) is -0.284. The van der Waals surface area contributed by atoms with E-state index in [9.17, 15) is 9.79 Å². The number of hydrogen-bond acceptors (Lipinski definition) is 0. The van der Waals surface area contributed by atoms with Crippen LogP contribution in [0.15, 0.2) is 0 Å². The fourth-order valence-corrected chi connectivity index (χ4v) is 8.53. The Morgan fingerprint density at radius 3 is 1.28 bits per heavy atom. The molecule has 0 fully saturated rings.